The van der Waals surface area contributed by atoms with Gasteiger partial charge in [0.15, 0.2) is 5.82 Å². The molecule has 0 aliphatic heterocycles. The van der Waals surface area contributed by atoms with Crippen molar-refractivity contribution in [2.75, 3.05) is 5.32 Å². The predicted octanol–water partition coefficient (Wildman–Crippen LogP) is 2.91. The van der Waals surface area contributed by atoms with Crippen LogP contribution in [0.15, 0.2) is 42.6 Å². The van der Waals surface area contributed by atoms with Gasteiger partial charge in [0.1, 0.15) is 11.5 Å². The number of aromatic nitrogens is 4. The number of aromatic amines is 1. The molecule has 22 heavy (non-hydrogen) atoms. The number of nitrogens with one attached hydrogen (secondary N) is 2. The zero-order valence-electron chi connectivity index (χ0n) is 11.0. The molecule has 2 aromatic heterocycles. The molecule has 3 rings (SSSR count). The van der Waals surface area contributed by atoms with Crippen LogP contribution in [-0.2, 0) is 0 Å². The molecule has 0 saturated carbocycles. The van der Waals surface area contributed by atoms with Crippen LogP contribution in [0.3, 0.4) is 0 Å². The summed E-state index contributed by atoms with van der Waals surface area (Å²) in [5, 5.41) is 9.15. The van der Waals surface area contributed by atoms with Gasteiger partial charge in [-0.2, -0.15) is 4.98 Å². The van der Waals surface area contributed by atoms with Crippen molar-refractivity contribution in [2.24, 2.45) is 0 Å². The molecule has 0 spiro atoms. The van der Waals surface area contributed by atoms with E-state index in [1.807, 2.05) is 0 Å². The number of rotatable bonds is 3. The molecule has 0 aliphatic rings. The van der Waals surface area contributed by atoms with E-state index in [9.17, 15) is 9.18 Å². The Kier molecular flexibility index (Phi) is 3.80. The highest BCUT2D eigenvalue weighted by molar-refractivity contribution is 6.31. The number of nitrogens with zero attached hydrogens (tertiary/aromatic N) is 3. The Bertz CT molecular complexity index is 821. The lowest BCUT2D eigenvalue weighted by Crippen LogP contribution is -2.14. The molecule has 8 heteroatoms. The van der Waals surface area contributed by atoms with Crippen LogP contribution in [0.4, 0.5) is 10.3 Å². The monoisotopic (exact) mass is 317 g/mol. The van der Waals surface area contributed by atoms with Gasteiger partial charge in [0.2, 0.25) is 5.95 Å². The molecule has 2 N–H and O–H groups in total. The highest BCUT2D eigenvalue weighted by Gasteiger charge is 2.15. The molecule has 0 fully saturated rings. The third kappa shape index (κ3) is 2.94. The van der Waals surface area contributed by atoms with E-state index in [0.29, 0.717) is 11.5 Å². The summed E-state index contributed by atoms with van der Waals surface area (Å²) in [4.78, 5) is 20.2. The molecule has 0 unspecified atom stereocenters. The first-order valence-electron chi connectivity index (χ1n) is 6.24. The van der Waals surface area contributed by atoms with Crippen LogP contribution in [0, 0.1) is 5.82 Å². The van der Waals surface area contributed by atoms with E-state index in [2.05, 4.69) is 25.5 Å². The van der Waals surface area contributed by atoms with Gasteiger partial charge in [-0.05, 0) is 30.3 Å². The smallest absolute Gasteiger partial charge is 0.261 e. The first kappa shape index (κ1) is 14.2. The average Bonchev–Trinajstić information content (AvgIpc) is 2.99. The van der Waals surface area contributed by atoms with Gasteiger partial charge in [-0.15, -0.1) is 5.10 Å². The third-order valence-corrected chi connectivity index (χ3v) is 3.03. The Morgan fingerprint density at radius 1 is 1.27 bits per heavy atom. The molecule has 1 amide bonds. The summed E-state index contributed by atoms with van der Waals surface area (Å²) in [6, 6.07) is 9.02. The number of hydrogen-bond acceptors (Lipinski definition) is 4. The zero-order valence-corrected chi connectivity index (χ0v) is 11.8. The van der Waals surface area contributed by atoms with Crippen molar-refractivity contribution in [1.82, 2.24) is 20.2 Å². The van der Waals surface area contributed by atoms with Gasteiger partial charge in [-0.3, -0.25) is 20.2 Å². The minimum Gasteiger partial charge on any atom is -0.289 e. The second-order valence-electron chi connectivity index (χ2n) is 4.30. The van der Waals surface area contributed by atoms with Crippen molar-refractivity contribution in [3.63, 3.8) is 0 Å². The number of carbonyl (C=O) groups is 1. The van der Waals surface area contributed by atoms with Gasteiger partial charge in [0.25, 0.3) is 5.91 Å². The molecule has 0 radical (unpaired) electrons. The second kappa shape index (κ2) is 5.90. The summed E-state index contributed by atoms with van der Waals surface area (Å²) in [5.74, 6) is -0.957. The fourth-order valence-corrected chi connectivity index (χ4v) is 1.95. The maximum Gasteiger partial charge on any atom is 0.261 e. The number of amides is 1. The molecule has 0 aliphatic carbocycles. The van der Waals surface area contributed by atoms with Crippen LogP contribution in [-0.4, -0.2) is 26.1 Å². The second-order valence-corrected chi connectivity index (χ2v) is 4.74. The summed E-state index contributed by atoms with van der Waals surface area (Å²) in [6.07, 6.45) is 1.61. The van der Waals surface area contributed by atoms with Gasteiger partial charge in [-0.1, -0.05) is 17.7 Å². The van der Waals surface area contributed by atoms with Crippen molar-refractivity contribution >= 4 is 23.5 Å². The SMILES string of the molecule is O=C(Nc1n[nH]c(-c2ccccn2)n1)c1cc(Cl)ccc1F. The lowest BCUT2D eigenvalue weighted by molar-refractivity contribution is 0.102. The summed E-state index contributed by atoms with van der Waals surface area (Å²) >= 11 is 5.76. The summed E-state index contributed by atoms with van der Waals surface area (Å²) in [6.45, 7) is 0. The molecule has 0 saturated heterocycles. The normalized spacial score (nSPS) is 10.5. The summed E-state index contributed by atoms with van der Waals surface area (Å²) < 4.78 is 13.6. The Morgan fingerprint density at radius 3 is 2.91 bits per heavy atom. The van der Waals surface area contributed by atoms with E-state index >= 15 is 0 Å². The quantitative estimate of drug-likeness (QED) is 0.778. The Morgan fingerprint density at radius 2 is 2.14 bits per heavy atom. The van der Waals surface area contributed by atoms with Crippen molar-refractivity contribution in [3.8, 4) is 11.5 Å². The first-order valence-corrected chi connectivity index (χ1v) is 6.61. The molecule has 6 nitrogen and oxygen atoms in total. The van der Waals surface area contributed by atoms with Crippen molar-refractivity contribution in [3.05, 3.63) is 59.0 Å². The van der Waals surface area contributed by atoms with Gasteiger partial charge < -0.3 is 0 Å². The van der Waals surface area contributed by atoms with Crippen molar-refractivity contribution in [2.45, 2.75) is 0 Å². The van der Waals surface area contributed by atoms with E-state index in [-0.39, 0.29) is 16.5 Å². The van der Waals surface area contributed by atoms with Crippen molar-refractivity contribution < 1.29 is 9.18 Å². The predicted molar refractivity (Wildman–Crippen MR) is 79.0 cm³/mol. The molecule has 0 atom stereocenters. The van der Waals surface area contributed by atoms with Gasteiger partial charge in [0, 0.05) is 11.2 Å². The first-order chi connectivity index (χ1) is 10.6. The number of pyridine rings is 1. The minimum atomic E-state index is -0.688. The van der Waals surface area contributed by atoms with E-state index in [1.165, 1.54) is 12.1 Å². The van der Waals surface area contributed by atoms with Gasteiger partial charge in [0.05, 0.1) is 5.56 Å². The molecular formula is C14H9ClFN5O. The highest BCUT2D eigenvalue weighted by atomic mass is 35.5. The van der Waals surface area contributed by atoms with E-state index < -0.39 is 11.7 Å². The fourth-order valence-electron chi connectivity index (χ4n) is 1.78. The number of H-pyrrole nitrogens is 1. The highest BCUT2D eigenvalue weighted by Crippen LogP contribution is 2.17. The number of anilines is 1. The molecular weight excluding hydrogens is 309 g/mol. The van der Waals surface area contributed by atoms with E-state index in [1.54, 1.807) is 24.4 Å². The summed E-state index contributed by atoms with van der Waals surface area (Å²) in [5.41, 5.74) is 0.390. The topological polar surface area (TPSA) is 83.6 Å². The molecule has 0 bridgehead atoms. The van der Waals surface area contributed by atoms with E-state index in [4.69, 9.17) is 11.6 Å². The van der Waals surface area contributed by atoms with Crippen molar-refractivity contribution in [1.29, 1.82) is 0 Å². The third-order valence-electron chi connectivity index (χ3n) is 2.79. The Labute approximate surface area is 129 Å². The zero-order chi connectivity index (χ0) is 15.5. The van der Waals surface area contributed by atoms with Crippen LogP contribution in [0.5, 0.6) is 0 Å². The minimum absolute atomic E-state index is 0.0185. The van der Waals surface area contributed by atoms with Gasteiger partial charge in [-0.25, -0.2) is 4.39 Å². The molecule has 1 aromatic carbocycles. The van der Waals surface area contributed by atoms with Gasteiger partial charge >= 0.3 is 0 Å². The lowest BCUT2D eigenvalue weighted by Gasteiger charge is -2.02. The molecule has 3 aromatic rings. The Balaban J connectivity index is 1.81. The maximum absolute atomic E-state index is 13.6. The summed E-state index contributed by atoms with van der Waals surface area (Å²) in [7, 11) is 0. The number of carbonyl (C=O) groups excluding carboxylic acids is 1. The van der Waals surface area contributed by atoms with Crippen LogP contribution < -0.4 is 5.32 Å². The average molecular weight is 318 g/mol. The van der Waals surface area contributed by atoms with E-state index in [0.717, 1.165) is 6.07 Å². The fraction of sp³-hybridized carbons (Fsp3) is 0. The number of benzene rings is 1. The Hall–Kier alpha value is -2.80. The number of hydrogen-bond donors (Lipinski definition) is 2. The standard InChI is InChI=1S/C14H9ClFN5O/c15-8-4-5-10(16)9(7-8)13(22)19-14-18-12(20-21-14)11-3-1-2-6-17-11/h1-7H,(H2,18,19,20,21,22). The van der Waals surface area contributed by atoms with Crippen LogP contribution in [0.1, 0.15) is 10.4 Å². The molecule has 2 heterocycles. The largest absolute Gasteiger partial charge is 0.289 e. The van der Waals surface area contributed by atoms with Crippen LogP contribution >= 0.6 is 11.6 Å². The number of halogens is 2. The van der Waals surface area contributed by atoms with Crippen LogP contribution in [0.2, 0.25) is 5.02 Å². The lowest BCUT2D eigenvalue weighted by atomic mass is 10.2. The van der Waals surface area contributed by atoms with Crippen LogP contribution in [0.25, 0.3) is 11.5 Å². The maximum atomic E-state index is 13.6. The molecule has 110 valence electrons.